The Bertz CT molecular complexity index is 771. The number of nitrogens with one attached hydrogen (secondary N) is 1. The van der Waals surface area contributed by atoms with E-state index in [-0.39, 0.29) is 11.2 Å². The number of likely N-dealkylation sites (N-methyl/N-ethyl adjacent to an activating group) is 1. The standard InChI is InChI=1S/C15H19ClN4O3/c1-3-19(4-2)8-7-17-13(21)12-14(22)18-11-6-5-10(16)9-20(11)15(12)23/h5-6,9,22H,3-4,7-8H2,1-2H3,(H,17,21). The number of amides is 1. The van der Waals surface area contributed by atoms with Gasteiger partial charge in [-0.2, -0.15) is 4.98 Å². The summed E-state index contributed by atoms with van der Waals surface area (Å²) >= 11 is 5.86. The monoisotopic (exact) mass is 338 g/mol. The molecule has 0 aliphatic carbocycles. The third-order valence-electron chi connectivity index (χ3n) is 3.60. The van der Waals surface area contributed by atoms with Crippen LogP contribution in [-0.4, -0.2) is 51.5 Å². The fourth-order valence-corrected chi connectivity index (χ4v) is 2.42. The van der Waals surface area contributed by atoms with E-state index in [9.17, 15) is 14.7 Å². The molecule has 124 valence electrons. The maximum atomic E-state index is 12.4. The van der Waals surface area contributed by atoms with Gasteiger partial charge in [0, 0.05) is 19.3 Å². The summed E-state index contributed by atoms with van der Waals surface area (Å²) in [6.07, 6.45) is 1.36. The molecule has 0 spiro atoms. The van der Waals surface area contributed by atoms with Crippen molar-refractivity contribution in [1.29, 1.82) is 0 Å². The molecule has 2 aromatic heterocycles. The molecule has 2 rings (SSSR count). The second kappa shape index (κ2) is 7.43. The van der Waals surface area contributed by atoms with Crippen molar-refractivity contribution in [1.82, 2.24) is 19.6 Å². The molecule has 23 heavy (non-hydrogen) atoms. The Morgan fingerprint density at radius 1 is 1.39 bits per heavy atom. The molecule has 0 unspecified atom stereocenters. The van der Waals surface area contributed by atoms with Crippen LogP contribution in [0, 0.1) is 0 Å². The van der Waals surface area contributed by atoms with Gasteiger partial charge in [0.1, 0.15) is 5.65 Å². The SMILES string of the molecule is CCN(CC)CCNC(=O)c1c(O)nc2ccc(Cl)cn2c1=O. The summed E-state index contributed by atoms with van der Waals surface area (Å²) in [4.78, 5) is 30.6. The van der Waals surface area contributed by atoms with Crippen molar-refractivity contribution in [3.05, 3.63) is 39.3 Å². The predicted octanol–water partition coefficient (Wildman–Crippen LogP) is 1.13. The summed E-state index contributed by atoms with van der Waals surface area (Å²) < 4.78 is 1.14. The predicted molar refractivity (Wildman–Crippen MR) is 88.3 cm³/mol. The van der Waals surface area contributed by atoms with Gasteiger partial charge in [-0.15, -0.1) is 0 Å². The number of aromatic hydroxyl groups is 1. The molecule has 8 heteroatoms. The van der Waals surface area contributed by atoms with Crippen molar-refractivity contribution in [3.63, 3.8) is 0 Å². The molecule has 0 aromatic carbocycles. The van der Waals surface area contributed by atoms with Crippen molar-refractivity contribution >= 4 is 23.2 Å². The number of hydrogen-bond acceptors (Lipinski definition) is 5. The molecule has 7 nitrogen and oxygen atoms in total. The van der Waals surface area contributed by atoms with Gasteiger partial charge in [-0.25, -0.2) is 0 Å². The molecular formula is C15H19ClN4O3. The van der Waals surface area contributed by atoms with Crippen LogP contribution in [0.5, 0.6) is 5.88 Å². The van der Waals surface area contributed by atoms with E-state index in [0.29, 0.717) is 18.1 Å². The zero-order valence-electron chi connectivity index (χ0n) is 13.0. The highest BCUT2D eigenvalue weighted by molar-refractivity contribution is 6.30. The number of halogens is 1. The normalized spacial score (nSPS) is 11.1. The summed E-state index contributed by atoms with van der Waals surface area (Å²) in [5, 5.41) is 12.9. The summed E-state index contributed by atoms with van der Waals surface area (Å²) in [5.74, 6) is -1.24. The third-order valence-corrected chi connectivity index (χ3v) is 3.83. The quantitative estimate of drug-likeness (QED) is 0.824. The Hall–Kier alpha value is -2.12. The van der Waals surface area contributed by atoms with Crippen LogP contribution >= 0.6 is 11.6 Å². The van der Waals surface area contributed by atoms with Crippen molar-refractivity contribution in [2.24, 2.45) is 0 Å². The molecular weight excluding hydrogens is 320 g/mol. The first-order valence-electron chi connectivity index (χ1n) is 7.39. The summed E-state index contributed by atoms with van der Waals surface area (Å²) in [6.45, 7) is 6.83. The summed E-state index contributed by atoms with van der Waals surface area (Å²) in [7, 11) is 0. The molecule has 0 radical (unpaired) electrons. The van der Waals surface area contributed by atoms with Crippen molar-refractivity contribution < 1.29 is 9.90 Å². The van der Waals surface area contributed by atoms with E-state index in [2.05, 4.69) is 15.2 Å². The lowest BCUT2D eigenvalue weighted by Crippen LogP contribution is -2.37. The Morgan fingerprint density at radius 2 is 2.09 bits per heavy atom. The van der Waals surface area contributed by atoms with Gasteiger partial charge in [-0.3, -0.25) is 14.0 Å². The Labute approximate surface area is 138 Å². The number of pyridine rings is 1. The van der Waals surface area contributed by atoms with Crippen molar-refractivity contribution in [2.45, 2.75) is 13.8 Å². The number of aromatic nitrogens is 2. The van der Waals surface area contributed by atoms with Gasteiger partial charge in [-0.05, 0) is 25.2 Å². The zero-order chi connectivity index (χ0) is 17.0. The summed E-state index contributed by atoms with van der Waals surface area (Å²) in [6, 6.07) is 3.04. The van der Waals surface area contributed by atoms with Gasteiger partial charge < -0.3 is 15.3 Å². The maximum Gasteiger partial charge on any atom is 0.274 e. The molecule has 0 fully saturated rings. The van der Waals surface area contributed by atoms with Gasteiger partial charge in [0.05, 0.1) is 5.02 Å². The highest BCUT2D eigenvalue weighted by Gasteiger charge is 2.19. The van der Waals surface area contributed by atoms with Crippen molar-refractivity contribution in [3.8, 4) is 5.88 Å². The maximum absolute atomic E-state index is 12.4. The highest BCUT2D eigenvalue weighted by Crippen LogP contribution is 2.14. The van der Waals surface area contributed by atoms with Crippen LogP contribution in [-0.2, 0) is 0 Å². The van der Waals surface area contributed by atoms with Gasteiger partial charge in [0.2, 0.25) is 5.88 Å². The third kappa shape index (κ3) is 3.80. The highest BCUT2D eigenvalue weighted by atomic mass is 35.5. The van der Waals surface area contributed by atoms with E-state index in [4.69, 9.17) is 11.6 Å². The second-order valence-electron chi connectivity index (χ2n) is 4.97. The molecule has 0 aliphatic rings. The lowest BCUT2D eigenvalue weighted by atomic mass is 10.2. The minimum absolute atomic E-state index is 0.219. The summed E-state index contributed by atoms with van der Waals surface area (Å²) in [5.41, 5.74) is -0.823. The average Bonchev–Trinajstić information content (AvgIpc) is 2.52. The van der Waals surface area contributed by atoms with Crippen LogP contribution < -0.4 is 10.9 Å². The molecule has 0 atom stereocenters. The molecule has 0 saturated heterocycles. The lowest BCUT2D eigenvalue weighted by Gasteiger charge is -2.17. The molecule has 2 N–H and O–H groups in total. The van der Waals surface area contributed by atoms with Gasteiger partial charge >= 0.3 is 0 Å². The van der Waals surface area contributed by atoms with Crippen LogP contribution in [0.2, 0.25) is 5.02 Å². The van der Waals surface area contributed by atoms with Crippen LogP contribution in [0.4, 0.5) is 0 Å². The number of carbonyl (C=O) groups is 1. The number of carbonyl (C=O) groups excluding carboxylic acids is 1. The van der Waals surface area contributed by atoms with Crippen molar-refractivity contribution in [2.75, 3.05) is 26.2 Å². The van der Waals surface area contributed by atoms with E-state index >= 15 is 0 Å². The fourth-order valence-electron chi connectivity index (χ4n) is 2.26. The number of fused-ring (bicyclic) bond motifs is 1. The second-order valence-corrected chi connectivity index (χ2v) is 5.41. The first kappa shape index (κ1) is 17.2. The Kier molecular flexibility index (Phi) is 5.57. The van der Waals surface area contributed by atoms with E-state index < -0.39 is 17.3 Å². The van der Waals surface area contributed by atoms with Gasteiger partial charge in [-0.1, -0.05) is 25.4 Å². The van der Waals surface area contributed by atoms with Gasteiger partial charge in [0.15, 0.2) is 5.56 Å². The molecule has 2 heterocycles. The van der Waals surface area contributed by atoms with E-state index in [1.165, 1.54) is 12.3 Å². The number of rotatable bonds is 6. The van der Waals surface area contributed by atoms with Crippen LogP contribution in [0.15, 0.2) is 23.1 Å². The largest absolute Gasteiger partial charge is 0.493 e. The molecule has 0 aliphatic heterocycles. The average molecular weight is 339 g/mol. The van der Waals surface area contributed by atoms with E-state index in [1.54, 1.807) is 6.07 Å². The van der Waals surface area contributed by atoms with Crippen LogP contribution in [0.1, 0.15) is 24.2 Å². The fraction of sp³-hybridized carbons (Fsp3) is 0.400. The minimum atomic E-state index is -0.657. The Morgan fingerprint density at radius 3 is 2.74 bits per heavy atom. The van der Waals surface area contributed by atoms with Gasteiger partial charge in [0.25, 0.3) is 11.5 Å². The van der Waals surface area contributed by atoms with E-state index in [0.717, 1.165) is 17.5 Å². The molecule has 0 bridgehead atoms. The number of hydrogen-bond donors (Lipinski definition) is 2. The first-order chi connectivity index (χ1) is 11.0. The molecule has 1 amide bonds. The number of nitrogens with zero attached hydrogens (tertiary/aromatic N) is 3. The topological polar surface area (TPSA) is 86.9 Å². The van der Waals surface area contributed by atoms with Crippen LogP contribution in [0.3, 0.4) is 0 Å². The molecule has 2 aromatic rings. The van der Waals surface area contributed by atoms with Crippen LogP contribution in [0.25, 0.3) is 5.65 Å². The minimum Gasteiger partial charge on any atom is -0.493 e. The smallest absolute Gasteiger partial charge is 0.274 e. The zero-order valence-corrected chi connectivity index (χ0v) is 13.8. The Balaban J connectivity index is 2.25. The first-order valence-corrected chi connectivity index (χ1v) is 7.77. The lowest BCUT2D eigenvalue weighted by molar-refractivity contribution is 0.0943. The van der Waals surface area contributed by atoms with E-state index in [1.807, 2.05) is 13.8 Å². The molecule has 0 saturated carbocycles.